The van der Waals surface area contributed by atoms with Crippen molar-refractivity contribution in [1.82, 2.24) is 0 Å². The summed E-state index contributed by atoms with van der Waals surface area (Å²) in [7, 11) is 0. The van der Waals surface area contributed by atoms with Gasteiger partial charge in [-0.1, -0.05) is 6.92 Å². The maximum absolute atomic E-state index is 12.3. The normalized spacial score (nSPS) is 16.1. The number of anilines is 1. The highest BCUT2D eigenvalue weighted by Crippen LogP contribution is 2.41. The molecular formula is C15H17NO4. The van der Waals surface area contributed by atoms with Crippen LogP contribution in [0.4, 0.5) is 5.69 Å². The fourth-order valence-corrected chi connectivity index (χ4v) is 2.50. The van der Waals surface area contributed by atoms with Crippen LogP contribution >= 0.6 is 0 Å². The molecular weight excluding hydrogens is 258 g/mol. The van der Waals surface area contributed by atoms with E-state index >= 15 is 0 Å². The number of rotatable bonds is 4. The molecule has 1 aliphatic heterocycles. The van der Waals surface area contributed by atoms with Crippen LogP contribution in [0.5, 0.6) is 0 Å². The number of carbonyl (C=O) groups is 3. The number of carbonyl (C=O) groups excluding carboxylic acids is 2. The molecule has 1 aromatic rings. The number of benzene rings is 1. The highest BCUT2D eigenvalue weighted by Gasteiger charge is 2.44. The molecule has 1 amide bonds. The maximum atomic E-state index is 12.3. The third-order valence-electron chi connectivity index (χ3n) is 3.68. The second-order valence-electron chi connectivity index (χ2n) is 5.42. The standard InChI is InChI=1S/C15H17NO4/c1-4-12(17)9-5-6-11-10(7-9)15(2,3)14(20)16(11)8-13(18)19/h5-7H,4,8H2,1-3H3,(H,18,19). The lowest BCUT2D eigenvalue weighted by atomic mass is 9.85. The van der Waals surface area contributed by atoms with Crippen LogP contribution in [0.1, 0.15) is 43.1 Å². The van der Waals surface area contributed by atoms with E-state index in [0.717, 1.165) is 0 Å². The van der Waals surface area contributed by atoms with Gasteiger partial charge in [-0.25, -0.2) is 0 Å². The van der Waals surface area contributed by atoms with Crippen molar-refractivity contribution in [2.45, 2.75) is 32.6 Å². The molecule has 0 fully saturated rings. The van der Waals surface area contributed by atoms with Gasteiger partial charge in [0.15, 0.2) is 5.78 Å². The number of ketones is 1. The van der Waals surface area contributed by atoms with E-state index in [9.17, 15) is 14.4 Å². The van der Waals surface area contributed by atoms with Crippen molar-refractivity contribution in [3.8, 4) is 0 Å². The van der Waals surface area contributed by atoms with Crippen molar-refractivity contribution in [3.05, 3.63) is 29.3 Å². The Kier molecular flexibility index (Phi) is 3.38. The second kappa shape index (κ2) is 4.74. The van der Waals surface area contributed by atoms with Crippen LogP contribution in [0.25, 0.3) is 0 Å². The summed E-state index contributed by atoms with van der Waals surface area (Å²) in [5.41, 5.74) is 1.04. The number of aliphatic carboxylic acids is 1. The van der Waals surface area contributed by atoms with E-state index in [4.69, 9.17) is 5.11 Å². The SMILES string of the molecule is CCC(=O)c1ccc2c(c1)C(C)(C)C(=O)N2CC(=O)O. The van der Waals surface area contributed by atoms with Gasteiger partial charge >= 0.3 is 5.97 Å². The molecule has 0 spiro atoms. The molecule has 2 rings (SSSR count). The van der Waals surface area contributed by atoms with Crippen LogP contribution in [-0.2, 0) is 15.0 Å². The summed E-state index contributed by atoms with van der Waals surface area (Å²) < 4.78 is 0. The van der Waals surface area contributed by atoms with Gasteiger partial charge in [-0.15, -0.1) is 0 Å². The first-order valence-electron chi connectivity index (χ1n) is 6.50. The second-order valence-corrected chi connectivity index (χ2v) is 5.42. The smallest absolute Gasteiger partial charge is 0.323 e. The van der Waals surface area contributed by atoms with E-state index in [1.807, 2.05) is 0 Å². The van der Waals surface area contributed by atoms with Crippen molar-refractivity contribution in [3.63, 3.8) is 0 Å². The molecule has 1 aromatic carbocycles. The van der Waals surface area contributed by atoms with E-state index < -0.39 is 11.4 Å². The highest BCUT2D eigenvalue weighted by atomic mass is 16.4. The third-order valence-corrected chi connectivity index (χ3v) is 3.68. The Morgan fingerprint density at radius 3 is 2.50 bits per heavy atom. The van der Waals surface area contributed by atoms with Gasteiger partial charge < -0.3 is 10.0 Å². The Morgan fingerprint density at radius 1 is 1.30 bits per heavy atom. The van der Waals surface area contributed by atoms with E-state index in [-0.39, 0.29) is 18.2 Å². The molecule has 1 heterocycles. The van der Waals surface area contributed by atoms with Gasteiger partial charge in [0, 0.05) is 17.7 Å². The zero-order chi connectivity index (χ0) is 15.1. The van der Waals surface area contributed by atoms with Crippen molar-refractivity contribution in [2.75, 3.05) is 11.4 Å². The molecule has 0 saturated carbocycles. The number of carboxylic acid groups (broad SMARTS) is 1. The molecule has 0 bridgehead atoms. The predicted octanol–water partition coefficient (Wildman–Crippen LogP) is 1.99. The quantitative estimate of drug-likeness (QED) is 0.853. The van der Waals surface area contributed by atoms with Gasteiger partial charge in [0.25, 0.3) is 0 Å². The zero-order valence-corrected chi connectivity index (χ0v) is 11.8. The van der Waals surface area contributed by atoms with E-state index in [1.165, 1.54) is 4.90 Å². The summed E-state index contributed by atoms with van der Waals surface area (Å²) in [6.07, 6.45) is 0.395. The molecule has 20 heavy (non-hydrogen) atoms. The first-order chi connectivity index (χ1) is 9.28. The maximum Gasteiger partial charge on any atom is 0.323 e. The minimum Gasteiger partial charge on any atom is -0.480 e. The number of fused-ring (bicyclic) bond motifs is 1. The summed E-state index contributed by atoms with van der Waals surface area (Å²) in [5.74, 6) is -1.31. The first-order valence-corrected chi connectivity index (χ1v) is 6.50. The average Bonchev–Trinajstić information content (AvgIpc) is 2.58. The average molecular weight is 275 g/mol. The molecule has 1 aliphatic rings. The Hall–Kier alpha value is -2.17. The van der Waals surface area contributed by atoms with Gasteiger partial charge in [0.05, 0.1) is 5.41 Å². The van der Waals surface area contributed by atoms with Crippen LogP contribution in [0.15, 0.2) is 18.2 Å². The molecule has 0 unspecified atom stereocenters. The number of hydrogen-bond acceptors (Lipinski definition) is 3. The summed E-state index contributed by atoms with van der Waals surface area (Å²) in [5, 5.41) is 8.92. The van der Waals surface area contributed by atoms with Gasteiger partial charge in [-0.2, -0.15) is 0 Å². The fraction of sp³-hybridized carbons (Fsp3) is 0.400. The monoisotopic (exact) mass is 275 g/mol. The Bertz CT molecular complexity index is 604. The van der Waals surface area contributed by atoms with Gasteiger partial charge in [0.1, 0.15) is 6.54 Å². The van der Waals surface area contributed by atoms with E-state index in [2.05, 4.69) is 0 Å². The largest absolute Gasteiger partial charge is 0.480 e. The van der Waals surface area contributed by atoms with Gasteiger partial charge in [-0.3, -0.25) is 14.4 Å². The molecule has 106 valence electrons. The lowest BCUT2D eigenvalue weighted by molar-refractivity contribution is -0.137. The van der Waals surface area contributed by atoms with Crippen molar-refractivity contribution < 1.29 is 19.5 Å². The number of Topliss-reactive ketones (excluding diaryl/α,β-unsaturated/α-hetero) is 1. The van der Waals surface area contributed by atoms with Gasteiger partial charge in [0.2, 0.25) is 5.91 Å². The van der Waals surface area contributed by atoms with Crippen molar-refractivity contribution in [2.24, 2.45) is 0 Å². The molecule has 0 radical (unpaired) electrons. The number of nitrogens with zero attached hydrogens (tertiary/aromatic N) is 1. The summed E-state index contributed by atoms with van der Waals surface area (Å²) >= 11 is 0. The summed E-state index contributed by atoms with van der Waals surface area (Å²) in [6.45, 7) is 4.91. The van der Waals surface area contributed by atoms with Crippen molar-refractivity contribution in [1.29, 1.82) is 0 Å². The molecule has 0 aromatic heterocycles. The minimum absolute atomic E-state index is 0.00716. The first kappa shape index (κ1) is 14.2. The van der Waals surface area contributed by atoms with Crippen LogP contribution < -0.4 is 4.90 Å². The Morgan fingerprint density at radius 2 is 1.95 bits per heavy atom. The molecule has 5 nitrogen and oxygen atoms in total. The summed E-state index contributed by atoms with van der Waals surface area (Å²) in [6, 6.07) is 5.02. The van der Waals surface area contributed by atoms with Crippen LogP contribution in [0.2, 0.25) is 0 Å². The molecule has 0 atom stereocenters. The lowest BCUT2D eigenvalue weighted by Crippen LogP contribution is -2.39. The van der Waals surface area contributed by atoms with Crippen molar-refractivity contribution >= 4 is 23.3 Å². The lowest BCUT2D eigenvalue weighted by Gasteiger charge is -2.18. The van der Waals surface area contributed by atoms with Crippen LogP contribution in [0, 0.1) is 0 Å². The Labute approximate surface area is 117 Å². The molecule has 0 aliphatic carbocycles. The van der Waals surface area contributed by atoms with E-state index in [0.29, 0.717) is 23.2 Å². The molecule has 0 saturated heterocycles. The summed E-state index contributed by atoms with van der Waals surface area (Å²) in [4.78, 5) is 36.3. The third kappa shape index (κ3) is 2.09. The van der Waals surface area contributed by atoms with Crippen LogP contribution in [-0.4, -0.2) is 29.3 Å². The number of carboxylic acids is 1. The Balaban J connectivity index is 2.53. The molecule has 5 heteroatoms. The van der Waals surface area contributed by atoms with Crippen LogP contribution in [0.3, 0.4) is 0 Å². The molecule has 1 N–H and O–H groups in total. The number of hydrogen-bond donors (Lipinski definition) is 1. The number of amides is 1. The highest BCUT2D eigenvalue weighted by molar-refractivity contribution is 6.10. The van der Waals surface area contributed by atoms with E-state index in [1.54, 1.807) is 39.0 Å². The minimum atomic E-state index is -1.06. The predicted molar refractivity (Wildman–Crippen MR) is 74.1 cm³/mol. The topological polar surface area (TPSA) is 74.7 Å². The zero-order valence-electron chi connectivity index (χ0n) is 11.8. The fourth-order valence-electron chi connectivity index (χ4n) is 2.50. The van der Waals surface area contributed by atoms with Gasteiger partial charge in [-0.05, 0) is 37.6 Å².